The largest absolute Gasteiger partial charge is 0.508 e. The first-order valence-electron chi connectivity index (χ1n) is 9.34. The van der Waals surface area contributed by atoms with Gasteiger partial charge in [-0.2, -0.15) is 0 Å². The zero-order valence-corrected chi connectivity index (χ0v) is 15.8. The number of nitrogens with one attached hydrogen (secondary N) is 1. The Bertz CT molecular complexity index is 889. The van der Waals surface area contributed by atoms with Gasteiger partial charge in [0.2, 0.25) is 0 Å². The third-order valence-electron chi connectivity index (χ3n) is 5.18. The smallest absolute Gasteiger partial charge is 0.254 e. The monoisotopic (exact) mass is 363 g/mol. The van der Waals surface area contributed by atoms with Crippen LogP contribution in [0.15, 0.2) is 81.7 Å². The molecule has 0 atom stereocenters. The van der Waals surface area contributed by atoms with Gasteiger partial charge in [0.1, 0.15) is 5.76 Å². The third kappa shape index (κ3) is 4.64. The van der Waals surface area contributed by atoms with Crippen molar-refractivity contribution in [2.45, 2.75) is 46.0 Å². The first kappa shape index (κ1) is 18.9. The zero-order valence-electron chi connectivity index (χ0n) is 15.8. The fourth-order valence-electron chi connectivity index (χ4n) is 3.55. The van der Waals surface area contributed by atoms with Gasteiger partial charge in [-0.3, -0.25) is 14.9 Å². The Labute approximate surface area is 160 Å². The molecule has 2 amide bonds. The lowest BCUT2D eigenvalue weighted by Crippen LogP contribution is -2.22. The number of amides is 2. The van der Waals surface area contributed by atoms with Crippen molar-refractivity contribution in [1.29, 1.82) is 0 Å². The molecule has 0 aromatic carbocycles. The van der Waals surface area contributed by atoms with Crippen LogP contribution in [0.25, 0.3) is 0 Å². The lowest BCUT2D eigenvalue weighted by molar-refractivity contribution is -0.123. The van der Waals surface area contributed by atoms with Crippen molar-refractivity contribution in [3.63, 3.8) is 0 Å². The van der Waals surface area contributed by atoms with Crippen molar-refractivity contribution >= 4 is 11.8 Å². The fourth-order valence-corrected chi connectivity index (χ4v) is 3.55. The second-order valence-electron chi connectivity index (χ2n) is 7.14. The molecule has 0 saturated carbocycles. The van der Waals surface area contributed by atoms with Crippen LogP contribution >= 0.6 is 0 Å². The summed E-state index contributed by atoms with van der Waals surface area (Å²) >= 11 is 0. The normalized spacial score (nSPS) is 21.2. The zero-order chi connectivity index (χ0) is 19.4. The lowest BCUT2D eigenvalue weighted by atomic mass is 9.88. The minimum atomic E-state index is -0.356. The number of hydrogen-bond acceptors (Lipinski definition) is 3. The molecule has 140 valence electrons. The number of hydrogen-bond donors (Lipinski definition) is 2. The average Bonchev–Trinajstić information content (AvgIpc) is 2.98. The van der Waals surface area contributed by atoms with Crippen molar-refractivity contribution in [3.05, 3.63) is 81.7 Å². The van der Waals surface area contributed by atoms with Gasteiger partial charge in [0.05, 0.1) is 0 Å². The molecule has 3 rings (SSSR count). The minimum Gasteiger partial charge on any atom is -0.508 e. The summed E-state index contributed by atoms with van der Waals surface area (Å²) in [5.41, 5.74) is 6.04. The van der Waals surface area contributed by atoms with Crippen LogP contribution in [0.4, 0.5) is 0 Å². The standard InChI is InChI=1S/C23H25NO3/c1-15(17-7-4-3-5-8-17)11-19(12-20-14-22(26)24-23(20)27)16(2)18-9-6-10-21(25)13-18/h3-4,7,10-11,13-14,25H,5-6,8-9,12H2,1-2H3,(H,24,26,27)/b15-11+,19-16-. The molecule has 0 unspecified atom stereocenters. The summed E-state index contributed by atoms with van der Waals surface area (Å²) in [6.45, 7) is 4.10. The molecular weight excluding hydrogens is 338 g/mol. The Morgan fingerprint density at radius 3 is 2.56 bits per heavy atom. The molecule has 0 aromatic heterocycles. The Morgan fingerprint density at radius 2 is 1.93 bits per heavy atom. The van der Waals surface area contributed by atoms with Gasteiger partial charge in [-0.05, 0) is 79.5 Å². The van der Waals surface area contributed by atoms with Crippen LogP contribution in [-0.2, 0) is 9.59 Å². The SMILES string of the molecule is C/C(=C\C(CC1=CC(=O)NC1=O)=C(/C)C1=CC(O)=CCC1)C1=CC=CCC1. The molecular formula is C23H25NO3. The van der Waals surface area contributed by atoms with Crippen molar-refractivity contribution in [3.8, 4) is 0 Å². The molecule has 0 spiro atoms. The number of aliphatic hydroxyl groups excluding tert-OH is 1. The molecule has 4 heteroatoms. The topological polar surface area (TPSA) is 66.4 Å². The van der Waals surface area contributed by atoms with Crippen LogP contribution in [0.2, 0.25) is 0 Å². The summed E-state index contributed by atoms with van der Waals surface area (Å²) < 4.78 is 0. The molecule has 3 aliphatic rings. The van der Waals surface area contributed by atoms with Gasteiger partial charge in [0, 0.05) is 18.1 Å². The van der Waals surface area contributed by atoms with E-state index in [2.05, 4.69) is 36.5 Å². The first-order valence-corrected chi connectivity index (χ1v) is 9.34. The van der Waals surface area contributed by atoms with Gasteiger partial charge in [-0.25, -0.2) is 0 Å². The first-order chi connectivity index (χ1) is 12.9. The number of carbonyl (C=O) groups is 2. The molecule has 0 aromatic rings. The highest BCUT2D eigenvalue weighted by atomic mass is 16.3. The van der Waals surface area contributed by atoms with Crippen molar-refractivity contribution in [2.75, 3.05) is 0 Å². The highest BCUT2D eigenvalue weighted by Gasteiger charge is 2.22. The number of rotatable bonds is 5. The van der Waals surface area contributed by atoms with E-state index >= 15 is 0 Å². The van der Waals surface area contributed by atoms with Gasteiger partial charge in [-0.1, -0.05) is 24.3 Å². The van der Waals surface area contributed by atoms with Gasteiger partial charge < -0.3 is 5.11 Å². The molecule has 27 heavy (non-hydrogen) atoms. The summed E-state index contributed by atoms with van der Waals surface area (Å²) in [5.74, 6) is -0.398. The van der Waals surface area contributed by atoms with E-state index in [1.165, 1.54) is 11.6 Å². The molecule has 0 bridgehead atoms. The summed E-state index contributed by atoms with van der Waals surface area (Å²) in [7, 11) is 0. The number of allylic oxidation sites excluding steroid dienone is 11. The summed E-state index contributed by atoms with van der Waals surface area (Å²) in [6.07, 6.45) is 17.5. The Balaban J connectivity index is 1.99. The molecule has 4 nitrogen and oxygen atoms in total. The molecule has 1 aliphatic heterocycles. The number of carbonyl (C=O) groups excluding carboxylic acids is 2. The third-order valence-corrected chi connectivity index (χ3v) is 5.18. The maximum atomic E-state index is 12.0. The summed E-state index contributed by atoms with van der Waals surface area (Å²) in [6, 6.07) is 0. The second kappa shape index (κ2) is 8.21. The van der Waals surface area contributed by atoms with E-state index in [-0.39, 0.29) is 17.6 Å². The van der Waals surface area contributed by atoms with Crippen molar-refractivity contribution < 1.29 is 14.7 Å². The quantitative estimate of drug-likeness (QED) is 0.551. The Kier molecular flexibility index (Phi) is 5.75. The molecule has 0 saturated heterocycles. The van der Waals surface area contributed by atoms with E-state index in [0.29, 0.717) is 12.0 Å². The van der Waals surface area contributed by atoms with E-state index in [0.717, 1.165) is 48.0 Å². The van der Waals surface area contributed by atoms with E-state index in [9.17, 15) is 14.7 Å². The maximum absolute atomic E-state index is 12.0. The van der Waals surface area contributed by atoms with Crippen LogP contribution < -0.4 is 5.32 Å². The molecule has 2 aliphatic carbocycles. The van der Waals surface area contributed by atoms with E-state index in [1.807, 2.05) is 13.0 Å². The predicted octanol–water partition coefficient (Wildman–Crippen LogP) is 4.66. The maximum Gasteiger partial charge on any atom is 0.254 e. The van der Waals surface area contributed by atoms with Crippen LogP contribution in [-0.4, -0.2) is 16.9 Å². The van der Waals surface area contributed by atoms with Gasteiger partial charge in [0.15, 0.2) is 0 Å². The van der Waals surface area contributed by atoms with Crippen molar-refractivity contribution in [2.24, 2.45) is 0 Å². The minimum absolute atomic E-state index is 0.281. The Morgan fingerprint density at radius 1 is 1.15 bits per heavy atom. The fraction of sp³-hybridized carbons (Fsp3) is 0.304. The molecule has 0 radical (unpaired) electrons. The highest BCUT2D eigenvalue weighted by molar-refractivity contribution is 6.16. The molecule has 2 N–H and O–H groups in total. The summed E-state index contributed by atoms with van der Waals surface area (Å²) in [5, 5.41) is 12.2. The van der Waals surface area contributed by atoms with E-state index < -0.39 is 0 Å². The van der Waals surface area contributed by atoms with Crippen LogP contribution in [0.5, 0.6) is 0 Å². The van der Waals surface area contributed by atoms with Gasteiger partial charge >= 0.3 is 0 Å². The number of aliphatic hydroxyl groups is 1. The summed E-state index contributed by atoms with van der Waals surface area (Å²) in [4.78, 5) is 23.6. The van der Waals surface area contributed by atoms with Crippen LogP contribution in [0.1, 0.15) is 46.0 Å². The second-order valence-corrected chi connectivity index (χ2v) is 7.14. The highest BCUT2D eigenvalue weighted by Crippen LogP contribution is 2.31. The number of imide groups is 1. The van der Waals surface area contributed by atoms with E-state index in [4.69, 9.17) is 0 Å². The average molecular weight is 363 g/mol. The van der Waals surface area contributed by atoms with Gasteiger partial charge in [0.25, 0.3) is 11.8 Å². The van der Waals surface area contributed by atoms with E-state index in [1.54, 1.807) is 6.08 Å². The van der Waals surface area contributed by atoms with Crippen molar-refractivity contribution in [1.82, 2.24) is 5.32 Å². The molecule has 1 heterocycles. The van der Waals surface area contributed by atoms with Crippen LogP contribution in [0, 0.1) is 0 Å². The van der Waals surface area contributed by atoms with Crippen LogP contribution in [0.3, 0.4) is 0 Å². The lowest BCUT2D eigenvalue weighted by Gasteiger charge is -2.17. The Hall–Kier alpha value is -2.88. The molecule has 0 fully saturated rings. The predicted molar refractivity (Wildman–Crippen MR) is 107 cm³/mol. The van der Waals surface area contributed by atoms with Gasteiger partial charge in [-0.15, -0.1) is 0 Å².